The summed E-state index contributed by atoms with van der Waals surface area (Å²) >= 11 is 8.29. The predicted octanol–water partition coefficient (Wildman–Crippen LogP) is 1.50. The lowest BCUT2D eigenvalue weighted by atomic mass is 10.2. The first-order chi connectivity index (χ1) is 11.8. The van der Waals surface area contributed by atoms with Crippen LogP contribution < -0.4 is 20.9 Å². The molecule has 0 saturated heterocycles. The number of nitrogens with one attached hydrogen (secondary N) is 4. The second-order valence-corrected chi connectivity index (χ2v) is 6.38. The number of H-pyrrole nitrogens is 1. The maximum absolute atomic E-state index is 11.8. The van der Waals surface area contributed by atoms with E-state index < -0.39 is 11.8 Å². The molecule has 1 aromatic heterocycles. The fourth-order valence-corrected chi connectivity index (χ4v) is 2.54. The van der Waals surface area contributed by atoms with Gasteiger partial charge in [0.05, 0.1) is 4.47 Å². The molecular weight excluding hydrogens is 410 g/mol. The predicted molar refractivity (Wildman–Crippen MR) is 99.0 cm³/mol. The van der Waals surface area contributed by atoms with Gasteiger partial charge >= 0.3 is 0 Å². The van der Waals surface area contributed by atoms with Gasteiger partial charge in [0, 0.05) is 5.69 Å². The fraction of sp³-hybridized carbons (Fsp3) is 0.200. The van der Waals surface area contributed by atoms with E-state index >= 15 is 0 Å². The zero-order valence-electron chi connectivity index (χ0n) is 13.5. The quantitative estimate of drug-likeness (QED) is 0.436. The molecule has 25 heavy (non-hydrogen) atoms. The van der Waals surface area contributed by atoms with Gasteiger partial charge in [0.25, 0.3) is 11.8 Å². The van der Waals surface area contributed by atoms with Gasteiger partial charge in [0.15, 0.2) is 17.4 Å². The number of carbonyl (C=O) groups excluding carboxylic acids is 2. The SMILES string of the molecule is Cc1ccc(OCC(=O)NC(=S)NNC(=O)c2cc(C)[nH]n2)c(Br)c1. The van der Waals surface area contributed by atoms with E-state index in [9.17, 15) is 9.59 Å². The highest BCUT2D eigenvalue weighted by atomic mass is 79.9. The van der Waals surface area contributed by atoms with Crippen LogP contribution in [-0.4, -0.2) is 33.7 Å². The molecule has 0 saturated carbocycles. The lowest BCUT2D eigenvalue weighted by molar-refractivity contribution is -0.121. The molecule has 0 spiro atoms. The third-order valence-corrected chi connectivity index (χ3v) is 3.75. The van der Waals surface area contributed by atoms with Crippen molar-refractivity contribution in [1.82, 2.24) is 26.4 Å². The zero-order valence-corrected chi connectivity index (χ0v) is 15.9. The van der Waals surface area contributed by atoms with Crippen LogP contribution in [-0.2, 0) is 4.79 Å². The first kappa shape index (κ1) is 18.9. The number of hydrogen-bond donors (Lipinski definition) is 4. The molecule has 2 amide bonds. The number of benzene rings is 1. The van der Waals surface area contributed by atoms with Crippen molar-refractivity contribution >= 4 is 45.1 Å². The van der Waals surface area contributed by atoms with Crippen LogP contribution in [0.2, 0.25) is 0 Å². The number of aryl methyl sites for hydroxylation is 2. The molecule has 0 aliphatic heterocycles. The van der Waals surface area contributed by atoms with Crippen LogP contribution in [0.25, 0.3) is 0 Å². The van der Waals surface area contributed by atoms with Gasteiger partial charge in [0.2, 0.25) is 0 Å². The topological polar surface area (TPSA) is 108 Å². The number of rotatable bonds is 4. The molecule has 0 bridgehead atoms. The molecule has 132 valence electrons. The minimum Gasteiger partial charge on any atom is -0.483 e. The average molecular weight is 426 g/mol. The number of hydrazine groups is 1. The smallest absolute Gasteiger partial charge is 0.290 e. The molecule has 4 N–H and O–H groups in total. The van der Waals surface area contributed by atoms with E-state index in [1.54, 1.807) is 19.1 Å². The molecule has 1 heterocycles. The summed E-state index contributed by atoms with van der Waals surface area (Å²) in [4.78, 5) is 23.6. The Labute approximate surface area is 157 Å². The standard InChI is InChI=1S/C15H16BrN5O3S/c1-8-3-4-12(10(16)5-8)24-7-13(22)17-15(25)21-20-14(23)11-6-9(2)18-19-11/h3-6H,7H2,1-2H3,(H,18,19)(H,20,23)(H2,17,21,22,25). The van der Waals surface area contributed by atoms with Gasteiger partial charge < -0.3 is 4.74 Å². The summed E-state index contributed by atoms with van der Waals surface area (Å²) in [5.74, 6) is -0.405. The molecule has 1 aromatic carbocycles. The van der Waals surface area contributed by atoms with E-state index in [1.165, 1.54) is 0 Å². The Kier molecular flexibility index (Phi) is 6.48. The molecule has 0 atom stereocenters. The maximum Gasteiger partial charge on any atom is 0.290 e. The van der Waals surface area contributed by atoms with E-state index in [0.29, 0.717) is 5.75 Å². The van der Waals surface area contributed by atoms with Crippen molar-refractivity contribution in [2.45, 2.75) is 13.8 Å². The van der Waals surface area contributed by atoms with Crippen molar-refractivity contribution in [2.75, 3.05) is 6.61 Å². The number of amides is 2. The number of nitrogens with zero attached hydrogens (tertiary/aromatic N) is 1. The number of carbonyl (C=O) groups is 2. The Morgan fingerprint density at radius 2 is 2.04 bits per heavy atom. The molecule has 0 fully saturated rings. The van der Waals surface area contributed by atoms with Crippen LogP contribution in [0.5, 0.6) is 5.75 Å². The molecular formula is C15H16BrN5O3S. The van der Waals surface area contributed by atoms with Crippen LogP contribution in [0, 0.1) is 13.8 Å². The third-order valence-electron chi connectivity index (χ3n) is 2.93. The number of aromatic nitrogens is 2. The highest BCUT2D eigenvalue weighted by Gasteiger charge is 2.11. The van der Waals surface area contributed by atoms with E-state index in [-0.39, 0.29) is 17.4 Å². The van der Waals surface area contributed by atoms with E-state index in [0.717, 1.165) is 15.7 Å². The second kappa shape index (κ2) is 8.58. The minimum absolute atomic E-state index is 0.0582. The number of aromatic amines is 1. The molecule has 8 nitrogen and oxygen atoms in total. The molecule has 2 aromatic rings. The van der Waals surface area contributed by atoms with Gasteiger partial charge in [-0.1, -0.05) is 6.07 Å². The number of halogens is 1. The Balaban J connectivity index is 1.74. The maximum atomic E-state index is 11.8. The summed E-state index contributed by atoms with van der Waals surface area (Å²) in [5, 5.41) is 8.78. The van der Waals surface area contributed by atoms with Crippen molar-refractivity contribution in [1.29, 1.82) is 0 Å². The summed E-state index contributed by atoms with van der Waals surface area (Å²) in [6.45, 7) is 3.49. The Bertz CT molecular complexity index is 808. The van der Waals surface area contributed by atoms with Crippen molar-refractivity contribution in [3.63, 3.8) is 0 Å². The van der Waals surface area contributed by atoms with Crippen molar-refractivity contribution < 1.29 is 14.3 Å². The highest BCUT2D eigenvalue weighted by molar-refractivity contribution is 9.10. The first-order valence-electron chi connectivity index (χ1n) is 7.16. The number of ether oxygens (including phenoxy) is 1. The number of thiocarbonyl (C=S) groups is 1. The van der Waals surface area contributed by atoms with Gasteiger partial charge in [-0.25, -0.2) is 0 Å². The molecule has 0 radical (unpaired) electrons. The molecule has 0 unspecified atom stereocenters. The second-order valence-electron chi connectivity index (χ2n) is 5.12. The summed E-state index contributed by atoms with van der Waals surface area (Å²) in [6, 6.07) is 7.09. The van der Waals surface area contributed by atoms with Gasteiger partial charge in [-0.05, 0) is 65.8 Å². The van der Waals surface area contributed by atoms with Gasteiger partial charge in [-0.3, -0.25) is 30.9 Å². The summed E-state index contributed by atoms with van der Waals surface area (Å²) < 4.78 is 6.16. The molecule has 0 aliphatic carbocycles. The first-order valence-corrected chi connectivity index (χ1v) is 8.36. The van der Waals surface area contributed by atoms with Crippen LogP contribution in [0.3, 0.4) is 0 Å². The van der Waals surface area contributed by atoms with Crippen LogP contribution in [0.4, 0.5) is 0 Å². The Morgan fingerprint density at radius 3 is 2.68 bits per heavy atom. The largest absolute Gasteiger partial charge is 0.483 e. The molecule has 2 rings (SSSR count). The average Bonchev–Trinajstić information content (AvgIpc) is 2.98. The number of hydrogen-bond acceptors (Lipinski definition) is 5. The summed E-state index contributed by atoms with van der Waals surface area (Å²) in [6.07, 6.45) is 0. The van der Waals surface area contributed by atoms with Crippen LogP contribution in [0.15, 0.2) is 28.7 Å². The van der Waals surface area contributed by atoms with Gasteiger partial charge in [-0.15, -0.1) is 0 Å². The fourth-order valence-electron chi connectivity index (χ4n) is 1.77. The van der Waals surface area contributed by atoms with Gasteiger partial charge in [-0.2, -0.15) is 5.10 Å². The summed E-state index contributed by atoms with van der Waals surface area (Å²) in [5.41, 5.74) is 6.77. The highest BCUT2D eigenvalue weighted by Crippen LogP contribution is 2.25. The van der Waals surface area contributed by atoms with Gasteiger partial charge in [0.1, 0.15) is 5.75 Å². The van der Waals surface area contributed by atoms with E-state index in [4.69, 9.17) is 17.0 Å². The molecule has 10 heteroatoms. The van der Waals surface area contributed by atoms with Crippen molar-refractivity contribution in [3.8, 4) is 5.75 Å². The Hall–Kier alpha value is -2.46. The van der Waals surface area contributed by atoms with E-state index in [1.807, 2.05) is 19.1 Å². The monoisotopic (exact) mass is 425 g/mol. The zero-order chi connectivity index (χ0) is 18.4. The third kappa shape index (κ3) is 5.84. The van der Waals surface area contributed by atoms with Crippen molar-refractivity contribution in [2.24, 2.45) is 0 Å². The normalized spacial score (nSPS) is 10.0. The van der Waals surface area contributed by atoms with E-state index in [2.05, 4.69) is 42.3 Å². The van der Waals surface area contributed by atoms with Crippen LogP contribution >= 0.6 is 28.1 Å². The lowest BCUT2D eigenvalue weighted by Gasteiger charge is -2.11. The Morgan fingerprint density at radius 1 is 1.28 bits per heavy atom. The molecule has 0 aliphatic rings. The minimum atomic E-state index is -0.485. The lowest BCUT2D eigenvalue weighted by Crippen LogP contribution is -2.49. The van der Waals surface area contributed by atoms with Crippen molar-refractivity contribution in [3.05, 3.63) is 45.7 Å². The van der Waals surface area contributed by atoms with Crippen LogP contribution in [0.1, 0.15) is 21.7 Å². The summed E-state index contributed by atoms with van der Waals surface area (Å²) in [7, 11) is 0.